The maximum atomic E-state index is 13.3. The van der Waals surface area contributed by atoms with Crippen molar-refractivity contribution < 1.29 is 4.79 Å². The van der Waals surface area contributed by atoms with Gasteiger partial charge in [0.25, 0.3) is 5.91 Å². The molecular weight excluding hydrogens is 298 g/mol. The van der Waals surface area contributed by atoms with Crippen molar-refractivity contribution in [2.45, 2.75) is 25.3 Å². The summed E-state index contributed by atoms with van der Waals surface area (Å²) < 4.78 is 2.01. The van der Waals surface area contributed by atoms with Gasteiger partial charge in [0.2, 0.25) is 0 Å². The maximum absolute atomic E-state index is 13.3. The number of carbonyl (C=O) groups is 1. The Hall–Kier alpha value is -2.62. The van der Waals surface area contributed by atoms with Gasteiger partial charge in [-0.25, -0.2) is 0 Å². The zero-order valence-corrected chi connectivity index (χ0v) is 13.9. The van der Waals surface area contributed by atoms with Gasteiger partial charge in [0.1, 0.15) is 5.69 Å². The molecule has 0 aliphatic carbocycles. The number of rotatable bonds is 2. The Morgan fingerprint density at radius 2 is 2.04 bits per heavy atom. The second-order valence-corrected chi connectivity index (χ2v) is 6.44. The Labute approximate surface area is 141 Å². The molecular formula is C20H21N3O. The van der Waals surface area contributed by atoms with Crippen LogP contribution in [0.5, 0.6) is 0 Å². The van der Waals surface area contributed by atoms with Gasteiger partial charge in [0.05, 0.1) is 6.04 Å². The number of fused-ring (bicyclic) bond motifs is 1. The lowest BCUT2D eigenvalue weighted by atomic mass is 9.96. The van der Waals surface area contributed by atoms with E-state index in [0.29, 0.717) is 0 Å². The quantitative estimate of drug-likeness (QED) is 0.717. The first-order valence-electron chi connectivity index (χ1n) is 8.51. The molecule has 1 aliphatic heterocycles. The number of benzene rings is 1. The Morgan fingerprint density at radius 3 is 2.83 bits per heavy atom. The van der Waals surface area contributed by atoms with Crippen molar-refractivity contribution >= 4 is 16.8 Å². The molecule has 1 saturated heterocycles. The summed E-state index contributed by atoms with van der Waals surface area (Å²) in [6.07, 6.45) is 6.88. The van der Waals surface area contributed by atoms with E-state index in [1.165, 1.54) is 0 Å². The summed E-state index contributed by atoms with van der Waals surface area (Å²) in [5.41, 5.74) is 2.98. The van der Waals surface area contributed by atoms with Crippen LogP contribution in [0.2, 0.25) is 0 Å². The normalized spacial score (nSPS) is 18.0. The molecule has 3 aromatic rings. The van der Waals surface area contributed by atoms with Crippen molar-refractivity contribution in [3.05, 3.63) is 66.1 Å². The van der Waals surface area contributed by atoms with E-state index in [4.69, 9.17) is 0 Å². The van der Waals surface area contributed by atoms with Crippen molar-refractivity contribution in [2.75, 3.05) is 6.54 Å². The van der Waals surface area contributed by atoms with Crippen LogP contribution in [-0.2, 0) is 7.05 Å². The highest BCUT2D eigenvalue weighted by atomic mass is 16.2. The number of hydrogen-bond donors (Lipinski definition) is 0. The average molecular weight is 319 g/mol. The zero-order chi connectivity index (χ0) is 16.5. The summed E-state index contributed by atoms with van der Waals surface area (Å²) in [5, 5.41) is 1.11. The molecule has 1 atom stereocenters. The predicted octanol–water partition coefficient (Wildman–Crippen LogP) is 3.94. The van der Waals surface area contributed by atoms with E-state index in [1.54, 1.807) is 6.20 Å². The Bertz CT molecular complexity index is 869. The summed E-state index contributed by atoms with van der Waals surface area (Å²) >= 11 is 0. The number of para-hydroxylation sites is 1. The van der Waals surface area contributed by atoms with Crippen molar-refractivity contribution in [1.29, 1.82) is 0 Å². The third-order valence-corrected chi connectivity index (χ3v) is 5.00. The fourth-order valence-corrected chi connectivity index (χ4v) is 3.74. The summed E-state index contributed by atoms with van der Waals surface area (Å²) in [7, 11) is 1.97. The molecule has 1 aliphatic rings. The Balaban J connectivity index is 1.72. The van der Waals surface area contributed by atoms with Crippen LogP contribution in [0.1, 0.15) is 41.4 Å². The lowest BCUT2D eigenvalue weighted by Gasteiger charge is -2.36. The van der Waals surface area contributed by atoms with Crippen molar-refractivity contribution in [3.63, 3.8) is 0 Å². The first kappa shape index (κ1) is 14.9. The van der Waals surface area contributed by atoms with E-state index in [0.717, 1.165) is 48.0 Å². The minimum Gasteiger partial charge on any atom is -0.340 e. The minimum absolute atomic E-state index is 0.113. The van der Waals surface area contributed by atoms with Crippen molar-refractivity contribution in [3.8, 4) is 0 Å². The third kappa shape index (κ3) is 2.48. The molecule has 1 aromatic carbocycles. The first-order chi connectivity index (χ1) is 11.8. The van der Waals surface area contributed by atoms with Crippen LogP contribution in [0.3, 0.4) is 0 Å². The molecule has 4 rings (SSSR count). The number of piperidine rings is 1. The second-order valence-electron chi connectivity index (χ2n) is 6.44. The summed E-state index contributed by atoms with van der Waals surface area (Å²) in [6.45, 7) is 0.805. The second kappa shape index (κ2) is 6.11. The molecule has 0 bridgehead atoms. The van der Waals surface area contributed by atoms with Crippen molar-refractivity contribution in [2.24, 2.45) is 7.05 Å². The highest BCUT2D eigenvalue weighted by Gasteiger charge is 2.30. The minimum atomic E-state index is 0.113. The van der Waals surface area contributed by atoms with Gasteiger partial charge in [0.15, 0.2) is 0 Å². The standard InChI is InChI=1S/C20H21N3O/c1-22-17-9-3-2-7-15(17)13-19(22)20(24)23-12-5-4-10-18(23)16-8-6-11-21-14-16/h2-3,6-9,11,13-14,18H,4-5,10,12H2,1H3. The smallest absolute Gasteiger partial charge is 0.271 e. The van der Waals surface area contributed by atoms with Gasteiger partial charge in [-0.3, -0.25) is 9.78 Å². The molecule has 0 radical (unpaired) electrons. The lowest BCUT2D eigenvalue weighted by Crippen LogP contribution is -2.39. The molecule has 2 aromatic heterocycles. The Kier molecular flexibility index (Phi) is 3.81. The zero-order valence-electron chi connectivity index (χ0n) is 13.9. The average Bonchev–Trinajstić information content (AvgIpc) is 2.99. The number of carbonyl (C=O) groups excluding carboxylic acids is 1. The van der Waals surface area contributed by atoms with Crippen LogP contribution in [0.4, 0.5) is 0 Å². The summed E-state index contributed by atoms with van der Waals surface area (Å²) in [5.74, 6) is 0.113. The number of aromatic nitrogens is 2. The lowest BCUT2D eigenvalue weighted by molar-refractivity contribution is 0.0602. The number of likely N-dealkylation sites (tertiary alicyclic amines) is 1. The molecule has 4 heteroatoms. The van der Waals surface area contributed by atoms with Gasteiger partial charge < -0.3 is 9.47 Å². The number of amides is 1. The van der Waals surface area contributed by atoms with Gasteiger partial charge in [-0.15, -0.1) is 0 Å². The van der Waals surface area contributed by atoms with E-state index < -0.39 is 0 Å². The van der Waals surface area contributed by atoms with Crippen LogP contribution >= 0.6 is 0 Å². The van der Waals surface area contributed by atoms with Gasteiger partial charge in [0, 0.05) is 36.9 Å². The van der Waals surface area contributed by atoms with E-state index >= 15 is 0 Å². The number of aryl methyl sites for hydroxylation is 1. The van der Waals surface area contributed by atoms with E-state index in [2.05, 4.69) is 23.2 Å². The molecule has 1 amide bonds. The van der Waals surface area contributed by atoms with Crippen LogP contribution in [0.15, 0.2) is 54.9 Å². The van der Waals surface area contributed by atoms with E-state index in [1.807, 2.05) is 47.0 Å². The maximum Gasteiger partial charge on any atom is 0.271 e. The predicted molar refractivity (Wildman–Crippen MR) is 94.8 cm³/mol. The molecule has 0 spiro atoms. The molecule has 122 valence electrons. The van der Waals surface area contributed by atoms with E-state index in [-0.39, 0.29) is 11.9 Å². The molecule has 0 saturated carbocycles. The van der Waals surface area contributed by atoms with Crippen LogP contribution in [-0.4, -0.2) is 26.9 Å². The number of hydrogen-bond acceptors (Lipinski definition) is 2. The molecule has 1 fully saturated rings. The van der Waals surface area contributed by atoms with Crippen LogP contribution in [0.25, 0.3) is 10.9 Å². The molecule has 0 N–H and O–H groups in total. The summed E-state index contributed by atoms with van der Waals surface area (Å²) in [4.78, 5) is 19.5. The van der Waals surface area contributed by atoms with Crippen LogP contribution in [0, 0.1) is 0 Å². The fourth-order valence-electron chi connectivity index (χ4n) is 3.74. The third-order valence-electron chi connectivity index (χ3n) is 5.00. The van der Waals surface area contributed by atoms with Crippen molar-refractivity contribution in [1.82, 2.24) is 14.5 Å². The highest BCUT2D eigenvalue weighted by molar-refractivity contribution is 5.99. The molecule has 4 nitrogen and oxygen atoms in total. The first-order valence-corrected chi connectivity index (χ1v) is 8.51. The van der Waals surface area contributed by atoms with E-state index in [9.17, 15) is 4.79 Å². The topological polar surface area (TPSA) is 38.1 Å². The molecule has 1 unspecified atom stereocenters. The largest absolute Gasteiger partial charge is 0.340 e. The highest BCUT2D eigenvalue weighted by Crippen LogP contribution is 2.32. The van der Waals surface area contributed by atoms with Gasteiger partial charge >= 0.3 is 0 Å². The van der Waals surface area contributed by atoms with Crippen LogP contribution < -0.4 is 0 Å². The van der Waals surface area contributed by atoms with Gasteiger partial charge in [-0.1, -0.05) is 24.3 Å². The van der Waals surface area contributed by atoms with Gasteiger partial charge in [-0.2, -0.15) is 0 Å². The van der Waals surface area contributed by atoms with Gasteiger partial charge in [-0.05, 0) is 43.0 Å². The molecule has 24 heavy (non-hydrogen) atoms. The summed E-state index contributed by atoms with van der Waals surface area (Å²) in [6, 6.07) is 14.3. The number of nitrogens with zero attached hydrogens (tertiary/aromatic N) is 3. The monoisotopic (exact) mass is 319 g/mol. The fraction of sp³-hybridized carbons (Fsp3) is 0.300. The number of pyridine rings is 1. The molecule has 3 heterocycles. The Morgan fingerprint density at radius 1 is 1.17 bits per heavy atom. The SMILES string of the molecule is Cn1c(C(=O)N2CCCCC2c2cccnc2)cc2ccccc21.